The third kappa shape index (κ3) is 3.32. The zero-order valence-corrected chi connectivity index (χ0v) is 15.1. The summed E-state index contributed by atoms with van der Waals surface area (Å²) in [6, 6.07) is 16.3. The first-order chi connectivity index (χ1) is 13.5. The molecule has 0 spiro atoms. The molecule has 0 amide bonds. The third-order valence-corrected chi connectivity index (χ3v) is 4.63. The first-order valence-electron chi connectivity index (χ1n) is 8.82. The molecule has 0 saturated heterocycles. The van der Waals surface area contributed by atoms with Crippen molar-refractivity contribution >= 4 is 16.7 Å². The van der Waals surface area contributed by atoms with E-state index < -0.39 is 11.9 Å². The Morgan fingerprint density at radius 2 is 1.93 bits per heavy atom. The van der Waals surface area contributed by atoms with Crippen molar-refractivity contribution in [2.75, 3.05) is 0 Å². The zero-order valence-electron chi connectivity index (χ0n) is 15.1. The predicted molar refractivity (Wildman–Crippen MR) is 104 cm³/mol. The van der Waals surface area contributed by atoms with Crippen LogP contribution in [-0.2, 0) is 6.42 Å². The van der Waals surface area contributed by atoms with Crippen LogP contribution in [0.2, 0.25) is 0 Å². The minimum absolute atomic E-state index is 0.0551. The molecule has 0 fully saturated rings. The van der Waals surface area contributed by atoms with Crippen molar-refractivity contribution in [3.05, 3.63) is 77.9 Å². The lowest BCUT2D eigenvalue weighted by Gasteiger charge is -2.11. The van der Waals surface area contributed by atoms with E-state index in [0.717, 1.165) is 17.2 Å². The van der Waals surface area contributed by atoms with Gasteiger partial charge < -0.3 is 9.84 Å². The number of ether oxygens (including phenoxy) is 1. The number of carboxylic acid groups (broad SMARTS) is 1. The molecule has 1 heterocycles. The molecule has 4 rings (SSSR count). The lowest BCUT2D eigenvalue weighted by atomic mass is 10.0. The summed E-state index contributed by atoms with van der Waals surface area (Å²) in [5.74, 6) is -1.06. The Morgan fingerprint density at radius 3 is 2.64 bits per heavy atom. The molecular formula is C22H17FN2O3. The highest BCUT2D eigenvalue weighted by atomic mass is 19.1. The van der Waals surface area contributed by atoms with E-state index in [-0.39, 0.29) is 16.9 Å². The maximum atomic E-state index is 13.7. The van der Waals surface area contributed by atoms with Crippen molar-refractivity contribution < 1.29 is 19.0 Å². The second kappa shape index (κ2) is 7.15. The second-order valence-corrected chi connectivity index (χ2v) is 6.41. The number of halogens is 1. The average Bonchev–Trinajstić information content (AvgIpc) is 3.13. The number of hydrogen-bond acceptors (Lipinski definition) is 3. The Balaban J connectivity index is 1.72. The van der Waals surface area contributed by atoms with Crippen LogP contribution >= 0.6 is 0 Å². The van der Waals surface area contributed by atoms with Gasteiger partial charge >= 0.3 is 5.97 Å². The number of hydrogen-bond donors (Lipinski definition) is 2. The molecule has 1 aromatic heterocycles. The van der Waals surface area contributed by atoms with Crippen LogP contribution in [-0.4, -0.2) is 21.3 Å². The number of aromatic nitrogens is 2. The molecule has 6 heteroatoms. The summed E-state index contributed by atoms with van der Waals surface area (Å²) in [6.07, 6.45) is 2.24. The van der Waals surface area contributed by atoms with Crippen molar-refractivity contribution in [1.29, 1.82) is 0 Å². The van der Waals surface area contributed by atoms with E-state index in [0.29, 0.717) is 11.3 Å². The summed E-state index contributed by atoms with van der Waals surface area (Å²) >= 11 is 0. The topological polar surface area (TPSA) is 75.2 Å². The fraction of sp³-hybridized carbons (Fsp3) is 0.0909. The molecule has 2 N–H and O–H groups in total. The van der Waals surface area contributed by atoms with Gasteiger partial charge in [-0.2, -0.15) is 9.49 Å². The Morgan fingerprint density at radius 1 is 1.11 bits per heavy atom. The molecule has 0 saturated carbocycles. The van der Waals surface area contributed by atoms with Gasteiger partial charge in [0.1, 0.15) is 17.1 Å². The van der Waals surface area contributed by atoms with E-state index in [1.54, 1.807) is 12.1 Å². The van der Waals surface area contributed by atoms with E-state index in [9.17, 15) is 14.3 Å². The highest BCUT2D eigenvalue weighted by Crippen LogP contribution is 2.32. The smallest absolute Gasteiger partial charge is 0.339 e. The lowest BCUT2D eigenvalue weighted by Crippen LogP contribution is -2.01. The summed E-state index contributed by atoms with van der Waals surface area (Å²) < 4.78 is 19.6. The standard InChI is InChI=1S/C22H17FN2O3/c1-2-13-3-4-14-5-7-17(10-16(14)9-13)28-20-8-6-15(11-18(20)22(26)27)19-12-24-25-21(19)23/h3-12H,2H2,1H3,(H,24,25)(H,26,27). The van der Waals surface area contributed by atoms with Gasteiger partial charge in [-0.25, -0.2) is 4.79 Å². The third-order valence-electron chi connectivity index (χ3n) is 4.63. The molecule has 0 aliphatic heterocycles. The zero-order chi connectivity index (χ0) is 19.7. The van der Waals surface area contributed by atoms with Gasteiger partial charge in [0, 0.05) is 0 Å². The Hall–Kier alpha value is -3.67. The molecule has 0 aliphatic carbocycles. The van der Waals surface area contributed by atoms with Crippen molar-refractivity contribution in [2.45, 2.75) is 13.3 Å². The number of aromatic carboxylic acids is 1. The summed E-state index contributed by atoms with van der Waals surface area (Å²) in [5, 5.41) is 17.5. The summed E-state index contributed by atoms with van der Waals surface area (Å²) in [7, 11) is 0. The molecule has 140 valence electrons. The molecule has 3 aromatic carbocycles. The van der Waals surface area contributed by atoms with Crippen molar-refractivity contribution in [1.82, 2.24) is 10.2 Å². The van der Waals surface area contributed by atoms with Gasteiger partial charge in [-0.05, 0) is 52.6 Å². The van der Waals surface area contributed by atoms with Crippen molar-refractivity contribution in [2.24, 2.45) is 0 Å². The maximum Gasteiger partial charge on any atom is 0.339 e. The number of fused-ring (bicyclic) bond motifs is 1. The fourth-order valence-electron chi connectivity index (χ4n) is 3.11. The van der Waals surface area contributed by atoms with E-state index in [2.05, 4.69) is 35.3 Å². The van der Waals surface area contributed by atoms with Gasteiger partial charge in [0.05, 0.1) is 11.8 Å². The summed E-state index contributed by atoms with van der Waals surface area (Å²) in [6.45, 7) is 2.09. The monoisotopic (exact) mass is 376 g/mol. The number of aryl methyl sites for hydroxylation is 1. The van der Waals surface area contributed by atoms with Crippen LogP contribution in [0.5, 0.6) is 11.5 Å². The van der Waals surface area contributed by atoms with E-state index in [4.69, 9.17) is 4.74 Å². The van der Waals surface area contributed by atoms with E-state index in [1.807, 2.05) is 12.1 Å². The molecule has 28 heavy (non-hydrogen) atoms. The van der Waals surface area contributed by atoms with Gasteiger partial charge in [0.15, 0.2) is 0 Å². The van der Waals surface area contributed by atoms with Crippen LogP contribution < -0.4 is 4.74 Å². The highest BCUT2D eigenvalue weighted by Gasteiger charge is 2.16. The molecule has 0 aliphatic rings. The first-order valence-corrected chi connectivity index (χ1v) is 8.82. The first kappa shape index (κ1) is 17.7. The molecule has 0 radical (unpaired) electrons. The van der Waals surface area contributed by atoms with Crippen LogP contribution in [0.15, 0.2) is 60.8 Å². The molecule has 0 unspecified atom stereocenters. The minimum Gasteiger partial charge on any atom is -0.478 e. The normalized spacial score (nSPS) is 10.9. The largest absolute Gasteiger partial charge is 0.478 e. The summed E-state index contributed by atoms with van der Waals surface area (Å²) in [5.41, 5.74) is 1.76. The molecular weight excluding hydrogens is 359 g/mol. The maximum absolute atomic E-state index is 13.7. The number of nitrogens with zero attached hydrogens (tertiary/aromatic N) is 1. The van der Waals surface area contributed by atoms with Crippen LogP contribution in [0.4, 0.5) is 4.39 Å². The average molecular weight is 376 g/mol. The van der Waals surface area contributed by atoms with Gasteiger partial charge in [-0.15, -0.1) is 0 Å². The quantitative estimate of drug-likeness (QED) is 0.487. The van der Waals surface area contributed by atoms with E-state index >= 15 is 0 Å². The number of H-pyrrole nitrogens is 1. The molecule has 0 atom stereocenters. The Bertz CT molecular complexity index is 1180. The fourth-order valence-corrected chi connectivity index (χ4v) is 3.11. The number of nitrogens with one attached hydrogen (secondary N) is 1. The predicted octanol–water partition coefficient (Wildman–Crippen LogP) is 5.42. The molecule has 5 nitrogen and oxygen atoms in total. The minimum atomic E-state index is -1.16. The van der Waals surface area contributed by atoms with Gasteiger partial charge in [0.25, 0.3) is 0 Å². The Labute approximate surface area is 160 Å². The summed E-state index contributed by atoms with van der Waals surface area (Å²) in [4.78, 5) is 11.7. The van der Waals surface area contributed by atoms with Crippen molar-refractivity contribution in [3.8, 4) is 22.6 Å². The van der Waals surface area contributed by atoms with Crippen LogP contribution in [0.3, 0.4) is 0 Å². The van der Waals surface area contributed by atoms with Crippen molar-refractivity contribution in [3.63, 3.8) is 0 Å². The van der Waals surface area contributed by atoms with E-state index in [1.165, 1.54) is 23.9 Å². The Kier molecular flexibility index (Phi) is 4.53. The van der Waals surface area contributed by atoms with Crippen LogP contribution in [0.25, 0.3) is 21.9 Å². The number of benzene rings is 3. The van der Waals surface area contributed by atoms with Gasteiger partial charge in [-0.3, -0.25) is 5.10 Å². The lowest BCUT2D eigenvalue weighted by molar-refractivity contribution is 0.0694. The number of rotatable bonds is 5. The van der Waals surface area contributed by atoms with Crippen LogP contribution in [0.1, 0.15) is 22.8 Å². The molecule has 0 bridgehead atoms. The van der Waals surface area contributed by atoms with Gasteiger partial charge in [-0.1, -0.05) is 37.3 Å². The second-order valence-electron chi connectivity index (χ2n) is 6.41. The highest BCUT2D eigenvalue weighted by molar-refractivity contribution is 5.93. The SMILES string of the molecule is CCc1ccc2ccc(Oc3ccc(-c4cn[nH]c4F)cc3C(=O)O)cc2c1. The number of carbonyl (C=O) groups is 1. The van der Waals surface area contributed by atoms with Gasteiger partial charge in [0.2, 0.25) is 5.95 Å². The molecule has 4 aromatic rings. The number of carboxylic acids is 1. The van der Waals surface area contributed by atoms with Crippen LogP contribution in [0, 0.1) is 5.95 Å². The number of aromatic amines is 1.